The second kappa shape index (κ2) is 8.58. The molecule has 0 aliphatic rings. The molecule has 1 unspecified atom stereocenters. The number of carboxylic acid groups (broad SMARTS) is 1. The molecular weight excluding hydrogens is 346 g/mol. The number of carbonyl (C=O) groups excluding carboxylic acids is 1. The highest BCUT2D eigenvalue weighted by Crippen LogP contribution is 2.29. The number of carbonyl (C=O) groups is 2. The fraction of sp³-hybridized carbons (Fsp3) is 0.333. The summed E-state index contributed by atoms with van der Waals surface area (Å²) < 4.78 is 10.5. The Bertz CT molecular complexity index is 793. The van der Waals surface area contributed by atoms with E-state index in [1.54, 1.807) is 27.9 Å². The van der Waals surface area contributed by atoms with Crippen LogP contribution in [0.3, 0.4) is 0 Å². The normalized spacial score (nSPS) is 12.1. The molecule has 0 radical (unpaired) electrons. The molecule has 0 fully saturated rings. The summed E-state index contributed by atoms with van der Waals surface area (Å²) in [6, 6.07) is 14.1. The monoisotopic (exact) mass is 371 g/mol. The summed E-state index contributed by atoms with van der Waals surface area (Å²) in [5.74, 6) is -0.352. The molecule has 27 heavy (non-hydrogen) atoms. The lowest BCUT2D eigenvalue weighted by Crippen LogP contribution is -2.44. The topological polar surface area (TPSA) is 84.9 Å². The van der Waals surface area contributed by atoms with Gasteiger partial charge in [-0.2, -0.15) is 0 Å². The van der Waals surface area contributed by atoms with Crippen LogP contribution in [0.15, 0.2) is 48.5 Å². The van der Waals surface area contributed by atoms with Gasteiger partial charge in [-0.25, -0.2) is 9.59 Å². The number of ether oxygens (including phenoxy) is 2. The van der Waals surface area contributed by atoms with E-state index < -0.39 is 23.7 Å². The van der Waals surface area contributed by atoms with Crippen molar-refractivity contribution in [1.82, 2.24) is 5.32 Å². The van der Waals surface area contributed by atoms with Crippen LogP contribution in [0.25, 0.3) is 11.1 Å². The average Bonchev–Trinajstić information content (AvgIpc) is 2.60. The van der Waals surface area contributed by atoms with Crippen molar-refractivity contribution in [3.8, 4) is 16.9 Å². The van der Waals surface area contributed by atoms with Crippen LogP contribution >= 0.6 is 0 Å². The SMILES string of the molecule is COc1ccccc1-c1ccc(CC(NC(=O)OC(C)(C)C)C(=O)O)cc1. The minimum absolute atomic E-state index is 0.154. The Balaban J connectivity index is 2.11. The maximum Gasteiger partial charge on any atom is 0.408 e. The summed E-state index contributed by atoms with van der Waals surface area (Å²) in [5, 5.41) is 11.8. The van der Waals surface area contributed by atoms with Gasteiger partial charge in [-0.15, -0.1) is 0 Å². The molecule has 144 valence electrons. The van der Waals surface area contributed by atoms with Gasteiger partial charge in [0.25, 0.3) is 0 Å². The molecule has 6 heteroatoms. The molecule has 0 aromatic heterocycles. The Hall–Kier alpha value is -3.02. The lowest BCUT2D eigenvalue weighted by Gasteiger charge is -2.22. The second-order valence-corrected chi connectivity index (χ2v) is 7.14. The van der Waals surface area contributed by atoms with Crippen LogP contribution in [-0.4, -0.2) is 35.9 Å². The van der Waals surface area contributed by atoms with E-state index in [4.69, 9.17) is 9.47 Å². The predicted molar refractivity (Wildman–Crippen MR) is 103 cm³/mol. The third kappa shape index (κ3) is 6.02. The highest BCUT2D eigenvalue weighted by molar-refractivity contribution is 5.80. The van der Waals surface area contributed by atoms with Crippen LogP contribution in [0.2, 0.25) is 0 Å². The van der Waals surface area contributed by atoms with Gasteiger partial charge < -0.3 is 19.9 Å². The minimum atomic E-state index is -1.12. The lowest BCUT2D eigenvalue weighted by molar-refractivity contribution is -0.139. The summed E-state index contributed by atoms with van der Waals surface area (Å²) in [6.07, 6.45) is -0.596. The van der Waals surface area contributed by atoms with E-state index in [0.29, 0.717) is 0 Å². The van der Waals surface area contributed by atoms with Gasteiger partial charge in [0.15, 0.2) is 0 Å². The van der Waals surface area contributed by atoms with Crippen molar-refractivity contribution in [3.05, 3.63) is 54.1 Å². The van der Waals surface area contributed by atoms with Gasteiger partial charge in [-0.1, -0.05) is 42.5 Å². The minimum Gasteiger partial charge on any atom is -0.496 e. The van der Waals surface area contributed by atoms with Crippen molar-refractivity contribution in [1.29, 1.82) is 0 Å². The van der Waals surface area contributed by atoms with Crippen LogP contribution in [0, 0.1) is 0 Å². The van der Waals surface area contributed by atoms with E-state index in [1.807, 2.05) is 48.5 Å². The van der Waals surface area contributed by atoms with E-state index in [1.165, 1.54) is 0 Å². The van der Waals surface area contributed by atoms with Crippen LogP contribution in [0.5, 0.6) is 5.75 Å². The van der Waals surface area contributed by atoms with Crippen LogP contribution in [0.4, 0.5) is 4.79 Å². The number of amides is 1. The number of aliphatic carboxylic acids is 1. The van der Waals surface area contributed by atoms with Crippen molar-refractivity contribution >= 4 is 12.1 Å². The van der Waals surface area contributed by atoms with Crippen LogP contribution < -0.4 is 10.1 Å². The number of benzene rings is 2. The molecule has 0 aliphatic heterocycles. The van der Waals surface area contributed by atoms with Crippen molar-refractivity contribution < 1.29 is 24.2 Å². The van der Waals surface area contributed by atoms with Crippen molar-refractivity contribution in [2.45, 2.75) is 38.8 Å². The van der Waals surface area contributed by atoms with E-state index in [-0.39, 0.29) is 6.42 Å². The fourth-order valence-electron chi connectivity index (χ4n) is 2.59. The Kier molecular flexibility index (Phi) is 6.45. The van der Waals surface area contributed by atoms with E-state index >= 15 is 0 Å². The number of alkyl carbamates (subject to hydrolysis) is 1. The number of nitrogens with one attached hydrogen (secondary N) is 1. The molecule has 0 saturated heterocycles. The zero-order valence-electron chi connectivity index (χ0n) is 16.0. The van der Waals surface area contributed by atoms with E-state index in [9.17, 15) is 14.7 Å². The molecular formula is C21H25NO5. The first-order chi connectivity index (χ1) is 12.7. The molecule has 0 aliphatic carbocycles. The maximum atomic E-state index is 11.9. The average molecular weight is 371 g/mol. The first kappa shape index (κ1) is 20.3. The Morgan fingerprint density at radius 3 is 2.26 bits per heavy atom. The lowest BCUT2D eigenvalue weighted by atomic mass is 10.00. The third-order valence-electron chi connectivity index (χ3n) is 3.80. The molecule has 0 saturated carbocycles. The molecule has 6 nitrogen and oxygen atoms in total. The van der Waals surface area contributed by atoms with Gasteiger partial charge in [-0.3, -0.25) is 0 Å². The highest BCUT2D eigenvalue weighted by Gasteiger charge is 2.24. The summed E-state index contributed by atoms with van der Waals surface area (Å²) in [4.78, 5) is 23.4. The van der Waals surface area contributed by atoms with Gasteiger partial charge in [-0.05, 0) is 38.0 Å². The third-order valence-corrected chi connectivity index (χ3v) is 3.80. The zero-order chi connectivity index (χ0) is 20.0. The van der Waals surface area contributed by atoms with E-state index in [0.717, 1.165) is 22.4 Å². The maximum absolute atomic E-state index is 11.9. The summed E-state index contributed by atoms with van der Waals surface area (Å²) >= 11 is 0. The Morgan fingerprint density at radius 1 is 1.07 bits per heavy atom. The molecule has 0 spiro atoms. The number of hydrogen-bond acceptors (Lipinski definition) is 4. The molecule has 0 bridgehead atoms. The van der Waals surface area contributed by atoms with Gasteiger partial charge in [0.1, 0.15) is 17.4 Å². The number of rotatable bonds is 6. The first-order valence-corrected chi connectivity index (χ1v) is 8.64. The Labute approximate surface area is 159 Å². The standard InChI is InChI=1S/C21H25NO5/c1-21(2,3)27-20(25)22-17(19(23)24)13-14-9-11-15(12-10-14)16-7-5-6-8-18(16)26-4/h5-12,17H,13H2,1-4H3,(H,22,25)(H,23,24). The van der Waals surface area contributed by atoms with Crippen LogP contribution in [-0.2, 0) is 16.0 Å². The molecule has 2 aromatic carbocycles. The first-order valence-electron chi connectivity index (χ1n) is 8.64. The summed E-state index contributed by atoms with van der Waals surface area (Å²) in [7, 11) is 1.62. The van der Waals surface area contributed by atoms with Crippen molar-refractivity contribution in [2.24, 2.45) is 0 Å². The molecule has 0 heterocycles. The summed E-state index contributed by atoms with van der Waals surface area (Å²) in [5.41, 5.74) is 2.01. The van der Waals surface area contributed by atoms with Gasteiger partial charge in [0.05, 0.1) is 7.11 Å². The van der Waals surface area contributed by atoms with Gasteiger partial charge in [0.2, 0.25) is 0 Å². The molecule has 2 aromatic rings. The molecule has 2 rings (SSSR count). The zero-order valence-corrected chi connectivity index (χ0v) is 16.0. The van der Waals surface area contributed by atoms with Gasteiger partial charge in [0, 0.05) is 12.0 Å². The van der Waals surface area contributed by atoms with Gasteiger partial charge >= 0.3 is 12.1 Å². The largest absolute Gasteiger partial charge is 0.496 e. The smallest absolute Gasteiger partial charge is 0.408 e. The number of para-hydroxylation sites is 1. The predicted octanol–water partition coefficient (Wildman–Crippen LogP) is 3.88. The molecule has 2 N–H and O–H groups in total. The molecule has 1 amide bonds. The quantitative estimate of drug-likeness (QED) is 0.805. The number of carboxylic acids is 1. The highest BCUT2D eigenvalue weighted by atomic mass is 16.6. The second-order valence-electron chi connectivity index (χ2n) is 7.14. The summed E-state index contributed by atoms with van der Waals surface area (Å²) in [6.45, 7) is 5.16. The van der Waals surface area contributed by atoms with Crippen molar-refractivity contribution in [3.63, 3.8) is 0 Å². The number of methoxy groups -OCH3 is 1. The molecule has 1 atom stereocenters. The fourth-order valence-corrected chi connectivity index (χ4v) is 2.59. The van der Waals surface area contributed by atoms with Crippen molar-refractivity contribution in [2.75, 3.05) is 7.11 Å². The Morgan fingerprint density at radius 2 is 1.70 bits per heavy atom. The van der Waals surface area contributed by atoms with Crippen LogP contribution in [0.1, 0.15) is 26.3 Å². The number of hydrogen-bond donors (Lipinski definition) is 2. The van der Waals surface area contributed by atoms with E-state index in [2.05, 4.69) is 5.32 Å².